The van der Waals surface area contributed by atoms with Crippen molar-refractivity contribution < 1.29 is 4.74 Å². The van der Waals surface area contributed by atoms with E-state index in [-0.39, 0.29) is 0 Å². The van der Waals surface area contributed by atoms with Crippen molar-refractivity contribution in [2.24, 2.45) is 0 Å². The summed E-state index contributed by atoms with van der Waals surface area (Å²) in [6.45, 7) is 9.04. The molecule has 0 fully saturated rings. The van der Waals surface area contributed by atoms with Crippen molar-refractivity contribution >= 4 is 11.4 Å². The lowest BCUT2D eigenvalue weighted by atomic mass is 10.1. The summed E-state index contributed by atoms with van der Waals surface area (Å²) < 4.78 is 5.84. The number of unbranched alkanes of at least 4 members (excludes halogenated alkanes) is 3. The Labute approximate surface area is 152 Å². The van der Waals surface area contributed by atoms with Crippen LogP contribution in [-0.4, -0.2) is 19.7 Å². The van der Waals surface area contributed by atoms with Crippen LogP contribution in [0, 0.1) is 13.8 Å². The van der Waals surface area contributed by atoms with Gasteiger partial charge < -0.3 is 15.4 Å². The normalized spacial score (nSPS) is 10.5. The molecule has 2 rings (SSSR count). The zero-order valence-corrected chi connectivity index (χ0v) is 15.9. The van der Waals surface area contributed by atoms with Gasteiger partial charge in [0.2, 0.25) is 0 Å². The number of hydrogen-bond donors (Lipinski definition) is 2. The van der Waals surface area contributed by atoms with Gasteiger partial charge in [-0.3, -0.25) is 0 Å². The van der Waals surface area contributed by atoms with E-state index in [9.17, 15) is 0 Å². The first kappa shape index (κ1) is 19.2. The molecule has 0 saturated carbocycles. The first-order chi connectivity index (χ1) is 12.2. The largest absolute Gasteiger partial charge is 0.494 e. The Morgan fingerprint density at radius 3 is 2.52 bits per heavy atom. The minimum atomic E-state index is 0.803. The van der Waals surface area contributed by atoms with Crippen molar-refractivity contribution in [1.29, 1.82) is 0 Å². The van der Waals surface area contributed by atoms with E-state index in [4.69, 9.17) is 4.74 Å². The molecule has 3 nitrogen and oxygen atoms in total. The van der Waals surface area contributed by atoms with Crippen molar-refractivity contribution in [2.75, 3.05) is 30.3 Å². The molecule has 0 aromatic heterocycles. The van der Waals surface area contributed by atoms with Gasteiger partial charge in [0, 0.05) is 30.5 Å². The minimum absolute atomic E-state index is 0.803. The van der Waals surface area contributed by atoms with Crippen LogP contribution in [0.2, 0.25) is 0 Å². The molecule has 2 N–H and O–H groups in total. The van der Waals surface area contributed by atoms with Gasteiger partial charge in [-0.1, -0.05) is 49.9 Å². The van der Waals surface area contributed by atoms with Crippen LogP contribution in [0.5, 0.6) is 5.75 Å². The summed E-state index contributed by atoms with van der Waals surface area (Å²) in [5, 5.41) is 6.94. The maximum Gasteiger partial charge on any atom is 0.121 e. The van der Waals surface area contributed by atoms with Gasteiger partial charge in [-0.25, -0.2) is 0 Å². The minimum Gasteiger partial charge on any atom is -0.494 e. The van der Waals surface area contributed by atoms with Crippen LogP contribution in [0.3, 0.4) is 0 Å². The highest BCUT2D eigenvalue weighted by atomic mass is 16.5. The molecule has 3 heteroatoms. The maximum absolute atomic E-state index is 5.84. The molecule has 0 aliphatic rings. The summed E-state index contributed by atoms with van der Waals surface area (Å²) in [7, 11) is 0. The molecular weight excluding hydrogens is 308 g/mol. The number of ether oxygens (including phenoxy) is 1. The summed E-state index contributed by atoms with van der Waals surface area (Å²) >= 11 is 0. The molecule has 0 amide bonds. The highest BCUT2D eigenvalue weighted by molar-refractivity contribution is 5.52. The van der Waals surface area contributed by atoms with Gasteiger partial charge >= 0.3 is 0 Å². The zero-order chi connectivity index (χ0) is 17.9. The van der Waals surface area contributed by atoms with E-state index in [2.05, 4.69) is 61.7 Å². The van der Waals surface area contributed by atoms with E-state index in [1.807, 2.05) is 12.1 Å². The highest BCUT2D eigenvalue weighted by Crippen LogP contribution is 2.18. The Kier molecular flexibility index (Phi) is 8.17. The van der Waals surface area contributed by atoms with Crippen molar-refractivity contribution in [1.82, 2.24) is 0 Å². The highest BCUT2D eigenvalue weighted by Gasteiger charge is 1.99. The number of benzene rings is 2. The third kappa shape index (κ3) is 7.08. The molecule has 0 unspecified atom stereocenters. The molecule has 0 aliphatic carbocycles. The van der Waals surface area contributed by atoms with Crippen LogP contribution < -0.4 is 15.4 Å². The number of nitrogens with one attached hydrogen (secondary N) is 2. The Hall–Kier alpha value is -2.16. The lowest BCUT2D eigenvalue weighted by Gasteiger charge is -2.12. The first-order valence-corrected chi connectivity index (χ1v) is 9.47. The number of rotatable bonds is 11. The summed E-state index contributed by atoms with van der Waals surface area (Å²) in [6.07, 6.45) is 4.93. The Morgan fingerprint density at radius 1 is 0.880 bits per heavy atom. The van der Waals surface area contributed by atoms with Crippen molar-refractivity contribution in [2.45, 2.75) is 46.5 Å². The molecular formula is C22H32N2O. The average Bonchev–Trinajstić information content (AvgIpc) is 2.60. The lowest BCUT2D eigenvalue weighted by molar-refractivity contribution is 0.305. The molecule has 0 atom stereocenters. The molecule has 2 aromatic carbocycles. The maximum atomic E-state index is 5.84. The SMILES string of the molecule is CCCCCCOc1cccc(NCCNc2ccc(C)cc2C)c1. The number of aryl methyl sites for hydroxylation is 2. The molecule has 136 valence electrons. The predicted octanol–water partition coefficient (Wildman–Crippen LogP) is 5.79. The van der Waals surface area contributed by atoms with E-state index in [1.54, 1.807) is 0 Å². The van der Waals surface area contributed by atoms with E-state index in [0.29, 0.717) is 0 Å². The third-order valence-electron chi connectivity index (χ3n) is 4.25. The van der Waals surface area contributed by atoms with E-state index in [1.165, 1.54) is 36.1 Å². The van der Waals surface area contributed by atoms with E-state index in [0.717, 1.165) is 37.6 Å². The van der Waals surface area contributed by atoms with Gasteiger partial charge in [-0.15, -0.1) is 0 Å². The summed E-state index contributed by atoms with van der Waals surface area (Å²) in [5.74, 6) is 0.948. The fraction of sp³-hybridized carbons (Fsp3) is 0.455. The first-order valence-electron chi connectivity index (χ1n) is 9.47. The van der Waals surface area contributed by atoms with Crippen molar-refractivity contribution in [3.8, 4) is 5.75 Å². The van der Waals surface area contributed by atoms with Crippen LogP contribution in [0.1, 0.15) is 43.7 Å². The van der Waals surface area contributed by atoms with Crippen LogP contribution in [0.15, 0.2) is 42.5 Å². The van der Waals surface area contributed by atoms with E-state index >= 15 is 0 Å². The van der Waals surface area contributed by atoms with Gasteiger partial charge in [0.1, 0.15) is 5.75 Å². The van der Waals surface area contributed by atoms with Gasteiger partial charge in [0.05, 0.1) is 6.61 Å². The second kappa shape index (κ2) is 10.7. The van der Waals surface area contributed by atoms with Crippen LogP contribution in [0.4, 0.5) is 11.4 Å². The topological polar surface area (TPSA) is 33.3 Å². The average molecular weight is 341 g/mol. The van der Waals surface area contributed by atoms with Gasteiger partial charge in [-0.2, -0.15) is 0 Å². The second-order valence-corrected chi connectivity index (χ2v) is 6.61. The van der Waals surface area contributed by atoms with Crippen molar-refractivity contribution in [3.63, 3.8) is 0 Å². The van der Waals surface area contributed by atoms with Gasteiger partial charge in [-0.05, 0) is 44.0 Å². The predicted molar refractivity (Wildman–Crippen MR) is 109 cm³/mol. The molecule has 25 heavy (non-hydrogen) atoms. The zero-order valence-electron chi connectivity index (χ0n) is 15.9. The summed E-state index contributed by atoms with van der Waals surface area (Å²) in [5.41, 5.74) is 4.90. The molecule has 0 spiro atoms. The quantitative estimate of drug-likeness (QED) is 0.508. The summed E-state index contributed by atoms with van der Waals surface area (Å²) in [6, 6.07) is 14.7. The Morgan fingerprint density at radius 2 is 1.72 bits per heavy atom. The molecule has 2 aromatic rings. The van der Waals surface area contributed by atoms with E-state index < -0.39 is 0 Å². The Balaban J connectivity index is 1.70. The standard InChI is InChI=1S/C22H32N2O/c1-4-5-6-7-15-25-21-10-8-9-20(17-21)23-13-14-24-22-12-11-18(2)16-19(22)3/h8-12,16-17,23-24H,4-7,13-15H2,1-3H3. The van der Waals surface area contributed by atoms with Crippen LogP contribution in [0.25, 0.3) is 0 Å². The monoisotopic (exact) mass is 340 g/mol. The molecule has 0 aliphatic heterocycles. The molecule has 0 heterocycles. The smallest absolute Gasteiger partial charge is 0.121 e. The van der Waals surface area contributed by atoms with Crippen LogP contribution >= 0.6 is 0 Å². The molecule has 0 saturated heterocycles. The fourth-order valence-corrected chi connectivity index (χ4v) is 2.83. The van der Waals surface area contributed by atoms with Gasteiger partial charge in [0.15, 0.2) is 0 Å². The van der Waals surface area contributed by atoms with Crippen LogP contribution in [-0.2, 0) is 0 Å². The molecule has 0 radical (unpaired) electrons. The number of anilines is 2. The molecule has 0 bridgehead atoms. The lowest BCUT2D eigenvalue weighted by Crippen LogP contribution is -2.14. The Bertz CT molecular complexity index is 640. The number of hydrogen-bond acceptors (Lipinski definition) is 3. The second-order valence-electron chi connectivity index (χ2n) is 6.61. The summed E-state index contributed by atoms with van der Waals surface area (Å²) in [4.78, 5) is 0. The fourth-order valence-electron chi connectivity index (χ4n) is 2.83. The van der Waals surface area contributed by atoms with Crippen molar-refractivity contribution in [3.05, 3.63) is 53.6 Å². The van der Waals surface area contributed by atoms with Gasteiger partial charge in [0.25, 0.3) is 0 Å². The third-order valence-corrected chi connectivity index (χ3v) is 4.25.